The van der Waals surface area contributed by atoms with Crippen molar-refractivity contribution in [2.75, 3.05) is 0 Å². The highest BCUT2D eigenvalue weighted by Gasteiger charge is 2.32. The second-order valence-corrected chi connectivity index (χ2v) is 7.83. The summed E-state index contributed by atoms with van der Waals surface area (Å²) in [5, 5.41) is 4.41. The highest BCUT2D eigenvalue weighted by Crippen LogP contribution is 2.37. The molecule has 0 amide bonds. The van der Waals surface area contributed by atoms with E-state index in [1.807, 2.05) is 0 Å². The fourth-order valence-electron chi connectivity index (χ4n) is 3.90. The lowest BCUT2D eigenvalue weighted by Crippen LogP contribution is -2.19. The SMILES string of the molecule is Cc1c(-c2ccc(C(F)(F)F)nc2)[nH]c2c(-c3ccc(F)cc3F)c(-c3ccccc3)nn2c1=O. The van der Waals surface area contributed by atoms with E-state index < -0.39 is 29.1 Å². The molecule has 5 nitrogen and oxygen atoms in total. The number of aromatic nitrogens is 4. The third-order valence-corrected chi connectivity index (χ3v) is 5.61. The molecule has 0 fully saturated rings. The number of hydrogen-bond donors (Lipinski definition) is 1. The molecule has 2 aromatic carbocycles. The lowest BCUT2D eigenvalue weighted by molar-refractivity contribution is -0.141. The van der Waals surface area contributed by atoms with Crippen LogP contribution in [0.5, 0.6) is 0 Å². The van der Waals surface area contributed by atoms with Gasteiger partial charge in [0.1, 0.15) is 28.7 Å². The highest BCUT2D eigenvalue weighted by atomic mass is 19.4. The number of nitrogens with zero attached hydrogens (tertiary/aromatic N) is 3. The van der Waals surface area contributed by atoms with Crippen LogP contribution in [0.4, 0.5) is 22.0 Å². The number of halogens is 5. The van der Waals surface area contributed by atoms with Gasteiger partial charge in [-0.15, -0.1) is 0 Å². The molecule has 0 saturated carbocycles. The van der Waals surface area contributed by atoms with Gasteiger partial charge >= 0.3 is 6.18 Å². The first-order valence-electron chi connectivity index (χ1n) is 10.3. The van der Waals surface area contributed by atoms with Gasteiger partial charge in [0, 0.05) is 34.5 Å². The van der Waals surface area contributed by atoms with E-state index in [1.54, 1.807) is 30.3 Å². The summed E-state index contributed by atoms with van der Waals surface area (Å²) >= 11 is 0. The van der Waals surface area contributed by atoms with E-state index in [4.69, 9.17) is 0 Å². The number of H-pyrrole nitrogens is 1. The number of aromatic amines is 1. The Morgan fingerprint density at radius 1 is 0.943 bits per heavy atom. The zero-order valence-corrected chi connectivity index (χ0v) is 18.0. The second kappa shape index (κ2) is 8.15. The zero-order valence-electron chi connectivity index (χ0n) is 18.0. The smallest absolute Gasteiger partial charge is 0.339 e. The lowest BCUT2D eigenvalue weighted by Gasteiger charge is -2.10. The predicted molar refractivity (Wildman–Crippen MR) is 120 cm³/mol. The lowest BCUT2D eigenvalue weighted by atomic mass is 10.0. The molecule has 0 aliphatic heterocycles. The van der Waals surface area contributed by atoms with Crippen LogP contribution in [-0.2, 0) is 6.18 Å². The van der Waals surface area contributed by atoms with Crippen LogP contribution in [0.15, 0.2) is 71.7 Å². The number of alkyl halides is 3. The number of nitrogens with one attached hydrogen (secondary N) is 1. The molecule has 0 aliphatic rings. The fraction of sp³-hybridized carbons (Fsp3) is 0.0800. The van der Waals surface area contributed by atoms with E-state index in [2.05, 4.69) is 15.1 Å². The molecule has 35 heavy (non-hydrogen) atoms. The van der Waals surface area contributed by atoms with Gasteiger partial charge < -0.3 is 4.98 Å². The van der Waals surface area contributed by atoms with Gasteiger partial charge in [-0.2, -0.15) is 22.8 Å². The van der Waals surface area contributed by atoms with Gasteiger partial charge in [-0.1, -0.05) is 30.3 Å². The Bertz CT molecular complexity index is 1620. The average molecular weight is 482 g/mol. The first-order valence-corrected chi connectivity index (χ1v) is 10.3. The number of hydrogen-bond acceptors (Lipinski definition) is 3. The van der Waals surface area contributed by atoms with E-state index in [0.29, 0.717) is 5.56 Å². The minimum Gasteiger partial charge on any atom is -0.339 e. The van der Waals surface area contributed by atoms with E-state index in [0.717, 1.165) is 28.9 Å². The Labute approximate surface area is 194 Å². The number of pyridine rings is 1. The van der Waals surface area contributed by atoms with Crippen LogP contribution in [-0.4, -0.2) is 19.6 Å². The van der Waals surface area contributed by atoms with Gasteiger partial charge in [0.2, 0.25) is 0 Å². The van der Waals surface area contributed by atoms with Crippen molar-refractivity contribution in [1.82, 2.24) is 19.6 Å². The normalized spacial score (nSPS) is 11.8. The number of fused-ring (bicyclic) bond motifs is 1. The molecule has 3 aromatic heterocycles. The maximum atomic E-state index is 14.9. The molecule has 0 radical (unpaired) electrons. The van der Waals surface area contributed by atoms with Crippen molar-refractivity contribution in [3.63, 3.8) is 0 Å². The number of rotatable bonds is 3. The van der Waals surface area contributed by atoms with Crippen molar-refractivity contribution in [1.29, 1.82) is 0 Å². The van der Waals surface area contributed by atoms with Gasteiger partial charge in [-0.25, -0.2) is 8.78 Å². The van der Waals surface area contributed by atoms with E-state index in [1.165, 1.54) is 19.1 Å². The van der Waals surface area contributed by atoms with E-state index in [-0.39, 0.29) is 39.3 Å². The van der Waals surface area contributed by atoms with Gasteiger partial charge in [-0.3, -0.25) is 9.78 Å². The fourth-order valence-corrected chi connectivity index (χ4v) is 3.90. The second-order valence-electron chi connectivity index (χ2n) is 7.83. The molecular formula is C25H15F5N4O. The maximum absolute atomic E-state index is 14.9. The summed E-state index contributed by atoms with van der Waals surface area (Å²) in [4.78, 5) is 19.7. The third kappa shape index (κ3) is 3.86. The third-order valence-electron chi connectivity index (χ3n) is 5.61. The summed E-state index contributed by atoms with van der Waals surface area (Å²) in [6.45, 7) is 1.49. The highest BCUT2D eigenvalue weighted by molar-refractivity contribution is 5.91. The van der Waals surface area contributed by atoms with Gasteiger partial charge in [-0.05, 0) is 31.2 Å². The van der Waals surface area contributed by atoms with Crippen molar-refractivity contribution in [3.8, 4) is 33.6 Å². The Kier molecular flexibility index (Phi) is 5.23. The van der Waals surface area contributed by atoms with Crippen LogP contribution < -0.4 is 5.56 Å². The quantitative estimate of drug-likeness (QED) is 0.320. The summed E-state index contributed by atoms with van der Waals surface area (Å²) in [6, 6.07) is 13.8. The molecule has 176 valence electrons. The molecule has 0 spiro atoms. The minimum atomic E-state index is -4.62. The van der Waals surface area contributed by atoms with E-state index >= 15 is 0 Å². The predicted octanol–water partition coefficient (Wildman–Crippen LogP) is 6.02. The molecule has 5 rings (SSSR count). The Balaban J connectivity index is 1.83. The van der Waals surface area contributed by atoms with Crippen LogP contribution in [0.2, 0.25) is 0 Å². The molecular weight excluding hydrogens is 467 g/mol. The Morgan fingerprint density at radius 2 is 1.69 bits per heavy atom. The average Bonchev–Trinajstić information content (AvgIpc) is 3.21. The molecule has 3 heterocycles. The molecule has 0 unspecified atom stereocenters. The van der Waals surface area contributed by atoms with Crippen molar-refractivity contribution >= 4 is 5.65 Å². The van der Waals surface area contributed by atoms with Gasteiger partial charge in [0.25, 0.3) is 5.56 Å². The van der Waals surface area contributed by atoms with Crippen LogP contribution in [0.25, 0.3) is 39.3 Å². The molecule has 5 aromatic rings. The first-order chi connectivity index (χ1) is 16.6. The van der Waals surface area contributed by atoms with Gasteiger partial charge in [0.05, 0.1) is 11.3 Å². The first kappa shape index (κ1) is 22.5. The van der Waals surface area contributed by atoms with Crippen LogP contribution in [0, 0.1) is 18.6 Å². The molecule has 10 heteroatoms. The van der Waals surface area contributed by atoms with Crippen molar-refractivity contribution < 1.29 is 22.0 Å². The molecule has 0 saturated heterocycles. The Morgan fingerprint density at radius 3 is 2.31 bits per heavy atom. The molecule has 1 N–H and O–H groups in total. The van der Waals surface area contributed by atoms with Crippen LogP contribution >= 0.6 is 0 Å². The summed E-state index contributed by atoms with van der Waals surface area (Å²) in [6.07, 6.45) is -3.61. The summed E-state index contributed by atoms with van der Waals surface area (Å²) in [7, 11) is 0. The van der Waals surface area contributed by atoms with Crippen molar-refractivity contribution in [2.45, 2.75) is 13.1 Å². The zero-order chi connectivity index (χ0) is 24.9. The number of benzene rings is 2. The topological polar surface area (TPSA) is 63.1 Å². The molecule has 0 atom stereocenters. The molecule has 0 bridgehead atoms. The summed E-state index contributed by atoms with van der Waals surface area (Å²) < 4.78 is 68.5. The van der Waals surface area contributed by atoms with Crippen molar-refractivity contribution in [3.05, 3.63) is 100 Å². The maximum Gasteiger partial charge on any atom is 0.433 e. The molecule has 0 aliphatic carbocycles. The minimum absolute atomic E-state index is 0.00347. The summed E-state index contributed by atoms with van der Waals surface area (Å²) in [5.74, 6) is -1.64. The monoisotopic (exact) mass is 482 g/mol. The largest absolute Gasteiger partial charge is 0.433 e. The summed E-state index contributed by atoms with van der Waals surface area (Å²) in [5.41, 5.74) is 0.113. The van der Waals surface area contributed by atoms with Crippen LogP contribution in [0.1, 0.15) is 11.3 Å². The van der Waals surface area contributed by atoms with E-state index in [9.17, 15) is 26.7 Å². The van der Waals surface area contributed by atoms with Crippen molar-refractivity contribution in [2.24, 2.45) is 0 Å². The standard InChI is InChI=1S/C25H15F5N4O/c1-13-21(15-7-10-19(31-12-15)25(28,29)30)32-23-20(17-9-8-16(26)11-18(17)27)22(33-34(23)24(13)35)14-5-3-2-4-6-14/h2-12,32H,1H3. The van der Waals surface area contributed by atoms with Gasteiger partial charge in [0.15, 0.2) is 0 Å². The van der Waals surface area contributed by atoms with Crippen LogP contribution in [0.3, 0.4) is 0 Å². The Hall–Kier alpha value is -4.34.